The van der Waals surface area contributed by atoms with Crippen LogP contribution >= 0.6 is 0 Å². The minimum absolute atomic E-state index is 0.0891. The Bertz CT molecular complexity index is 604. The zero-order valence-electron chi connectivity index (χ0n) is 9.84. The van der Waals surface area contributed by atoms with Crippen molar-refractivity contribution in [3.05, 3.63) is 39.9 Å². The number of benzene rings is 1. The van der Waals surface area contributed by atoms with Gasteiger partial charge in [-0.1, -0.05) is 13.3 Å². The Morgan fingerprint density at radius 2 is 2.12 bits per heavy atom. The summed E-state index contributed by atoms with van der Waals surface area (Å²) in [6, 6.07) is 4.29. The highest BCUT2D eigenvalue weighted by Gasteiger charge is 2.08. The number of ether oxygens (including phenoxy) is 1. The quantitative estimate of drug-likeness (QED) is 0.888. The van der Waals surface area contributed by atoms with Crippen LogP contribution in [0, 0.1) is 5.82 Å². The van der Waals surface area contributed by atoms with E-state index in [1.807, 2.05) is 6.92 Å². The molecule has 4 heteroatoms. The molecule has 1 aromatic heterocycles. The Morgan fingerprint density at radius 3 is 2.76 bits per heavy atom. The first kappa shape index (κ1) is 11.6. The van der Waals surface area contributed by atoms with E-state index < -0.39 is 5.82 Å². The highest BCUT2D eigenvalue weighted by molar-refractivity contribution is 5.80. The lowest BCUT2D eigenvalue weighted by molar-refractivity contribution is 0.387. The summed E-state index contributed by atoms with van der Waals surface area (Å²) in [7, 11) is 1.38. The Labute approximate surface area is 98.2 Å². The average molecular weight is 235 g/mol. The molecule has 0 aliphatic rings. The Hall–Kier alpha value is -1.84. The van der Waals surface area contributed by atoms with Crippen LogP contribution in [0.5, 0.6) is 5.75 Å². The third kappa shape index (κ3) is 2.16. The van der Waals surface area contributed by atoms with Crippen molar-refractivity contribution in [2.45, 2.75) is 19.8 Å². The number of fused-ring (bicyclic) bond motifs is 1. The second-order valence-electron chi connectivity index (χ2n) is 3.94. The van der Waals surface area contributed by atoms with Gasteiger partial charge in [-0.3, -0.25) is 4.79 Å². The number of methoxy groups -OCH3 is 1. The highest BCUT2D eigenvalue weighted by Crippen LogP contribution is 2.21. The second kappa shape index (κ2) is 4.57. The maximum atomic E-state index is 13.5. The lowest BCUT2D eigenvalue weighted by atomic mass is 10.1. The summed E-state index contributed by atoms with van der Waals surface area (Å²) in [4.78, 5) is 14.9. The van der Waals surface area contributed by atoms with E-state index in [0.717, 1.165) is 18.5 Å². The monoisotopic (exact) mass is 235 g/mol. The van der Waals surface area contributed by atoms with E-state index in [4.69, 9.17) is 4.74 Å². The molecule has 2 rings (SSSR count). The number of pyridine rings is 1. The number of hydrogen-bond acceptors (Lipinski definition) is 2. The van der Waals surface area contributed by atoms with Gasteiger partial charge in [0.15, 0.2) is 17.0 Å². The Balaban J connectivity index is 2.69. The molecule has 0 aliphatic heterocycles. The van der Waals surface area contributed by atoms with E-state index in [1.165, 1.54) is 19.2 Å². The van der Waals surface area contributed by atoms with Gasteiger partial charge in [-0.05, 0) is 12.5 Å². The van der Waals surface area contributed by atoms with Crippen molar-refractivity contribution < 1.29 is 9.13 Å². The third-order valence-corrected chi connectivity index (χ3v) is 2.68. The maximum Gasteiger partial charge on any atom is 0.189 e. The van der Waals surface area contributed by atoms with Crippen molar-refractivity contribution in [3.63, 3.8) is 0 Å². The number of aromatic amines is 1. The lowest BCUT2D eigenvalue weighted by Crippen LogP contribution is -2.06. The molecule has 1 N–H and O–H groups in total. The van der Waals surface area contributed by atoms with Gasteiger partial charge in [0, 0.05) is 23.2 Å². The maximum absolute atomic E-state index is 13.5. The van der Waals surface area contributed by atoms with Gasteiger partial charge in [-0.25, -0.2) is 4.39 Å². The fourth-order valence-electron chi connectivity index (χ4n) is 1.87. The van der Waals surface area contributed by atoms with Crippen LogP contribution in [0.3, 0.4) is 0 Å². The Kier molecular flexibility index (Phi) is 3.13. The molecular weight excluding hydrogens is 221 g/mol. The average Bonchev–Trinajstić information content (AvgIpc) is 2.28. The predicted molar refractivity (Wildman–Crippen MR) is 65.1 cm³/mol. The van der Waals surface area contributed by atoms with Crippen molar-refractivity contribution >= 4 is 10.9 Å². The predicted octanol–water partition coefficient (Wildman–Crippen LogP) is 2.63. The molecule has 0 amide bonds. The van der Waals surface area contributed by atoms with Crippen LogP contribution in [0.25, 0.3) is 10.9 Å². The molecular formula is C13H14FNO2. The fourth-order valence-corrected chi connectivity index (χ4v) is 1.87. The van der Waals surface area contributed by atoms with E-state index in [0.29, 0.717) is 10.9 Å². The molecule has 0 fully saturated rings. The number of halogens is 1. The molecule has 0 saturated heterocycles. The van der Waals surface area contributed by atoms with Gasteiger partial charge in [-0.15, -0.1) is 0 Å². The highest BCUT2D eigenvalue weighted by atomic mass is 19.1. The zero-order chi connectivity index (χ0) is 12.4. The number of aryl methyl sites for hydroxylation is 1. The molecule has 0 radical (unpaired) electrons. The molecule has 2 aromatic rings. The van der Waals surface area contributed by atoms with Crippen LogP contribution in [-0.2, 0) is 6.42 Å². The minimum Gasteiger partial charge on any atom is -0.494 e. The first-order valence-electron chi connectivity index (χ1n) is 5.55. The lowest BCUT2D eigenvalue weighted by Gasteiger charge is -2.06. The summed E-state index contributed by atoms with van der Waals surface area (Å²) in [6.45, 7) is 2.02. The smallest absolute Gasteiger partial charge is 0.189 e. The number of aromatic nitrogens is 1. The first-order valence-corrected chi connectivity index (χ1v) is 5.55. The number of hydrogen-bond donors (Lipinski definition) is 1. The second-order valence-corrected chi connectivity index (χ2v) is 3.94. The minimum atomic E-state index is -0.468. The van der Waals surface area contributed by atoms with Gasteiger partial charge in [0.2, 0.25) is 0 Å². The zero-order valence-corrected chi connectivity index (χ0v) is 9.84. The molecule has 0 spiro atoms. The Morgan fingerprint density at radius 1 is 1.35 bits per heavy atom. The molecule has 0 aliphatic carbocycles. The molecule has 0 atom stereocenters. The SMILES string of the molecule is CCCc1cc(=O)c2cc(OC)c(F)cc2[nH]1. The first-order chi connectivity index (χ1) is 8.15. The molecule has 0 saturated carbocycles. The van der Waals surface area contributed by atoms with Crippen molar-refractivity contribution in [1.29, 1.82) is 0 Å². The van der Waals surface area contributed by atoms with Crippen molar-refractivity contribution in [2.24, 2.45) is 0 Å². The van der Waals surface area contributed by atoms with E-state index >= 15 is 0 Å². The normalized spacial score (nSPS) is 10.8. The summed E-state index contributed by atoms with van der Waals surface area (Å²) in [5.74, 6) is -0.379. The number of nitrogens with one attached hydrogen (secondary N) is 1. The third-order valence-electron chi connectivity index (χ3n) is 2.68. The summed E-state index contributed by atoms with van der Waals surface area (Å²) >= 11 is 0. The van der Waals surface area contributed by atoms with E-state index in [2.05, 4.69) is 4.98 Å². The summed E-state index contributed by atoms with van der Waals surface area (Å²) in [5.41, 5.74) is 1.23. The molecule has 1 heterocycles. The topological polar surface area (TPSA) is 42.1 Å². The van der Waals surface area contributed by atoms with Crippen LogP contribution < -0.4 is 10.2 Å². The van der Waals surface area contributed by atoms with E-state index in [-0.39, 0.29) is 11.2 Å². The number of H-pyrrole nitrogens is 1. The van der Waals surface area contributed by atoms with Gasteiger partial charge in [0.25, 0.3) is 0 Å². The van der Waals surface area contributed by atoms with Crippen molar-refractivity contribution in [3.8, 4) is 5.75 Å². The number of rotatable bonds is 3. The van der Waals surface area contributed by atoms with Crippen LogP contribution in [0.1, 0.15) is 19.0 Å². The molecule has 0 bridgehead atoms. The summed E-state index contributed by atoms with van der Waals surface area (Å²) < 4.78 is 18.4. The molecule has 90 valence electrons. The summed E-state index contributed by atoms with van der Waals surface area (Å²) in [5, 5.41) is 0.447. The van der Waals surface area contributed by atoms with Crippen LogP contribution in [0.2, 0.25) is 0 Å². The van der Waals surface area contributed by atoms with Crippen LogP contribution in [0.15, 0.2) is 23.0 Å². The van der Waals surface area contributed by atoms with Crippen molar-refractivity contribution in [2.75, 3.05) is 7.11 Å². The van der Waals surface area contributed by atoms with Crippen LogP contribution in [0.4, 0.5) is 4.39 Å². The molecule has 17 heavy (non-hydrogen) atoms. The summed E-state index contributed by atoms with van der Waals surface area (Å²) in [6.07, 6.45) is 1.71. The van der Waals surface area contributed by atoms with Crippen LogP contribution in [-0.4, -0.2) is 12.1 Å². The van der Waals surface area contributed by atoms with Gasteiger partial charge >= 0.3 is 0 Å². The molecule has 3 nitrogen and oxygen atoms in total. The van der Waals surface area contributed by atoms with E-state index in [9.17, 15) is 9.18 Å². The van der Waals surface area contributed by atoms with Gasteiger partial charge < -0.3 is 9.72 Å². The van der Waals surface area contributed by atoms with Gasteiger partial charge in [0.05, 0.1) is 12.6 Å². The van der Waals surface area contributed by atoms with E-state index in [1.54, 1.807) is 6.07 Å². The molecule has 0 unspecified atom stereocenters. The van der Waals surface area contributed by atoms with Gasteiger partial charge in [0.1, 0.15) is 0 Å². The van der Waals surface area contributed by atoms with Crippen molar-refractivity contribution in [1.82, 2.24) is 4.98 Å². The standard InChI is InChI=1S/C13H14FNO2/c1-3-4-8-5-12(16)9-6-13(17-2)10(14)7-11(9)15-8/h5-7H,3-4H2,1-2H3,(H,15,16). The fraction of sp³-hybridized carbons (Fsp3) is 0.308. The largest absolute Gasteiger partial charge is 0.494 e. The molecule has 1 aromatic carbocycles. The van der Waals surface area contributed by atoms with Gasteiger partial charge in [-0.2, -0.15) is 0 Å².